The van der Waals surface area contributed by atoms with Gasteiger partial charge in [0.1, 0.15) is 0 Å². The minimum Gasteiger partial charge on any atom is -0.378 e. The van der Waals surface area contributed by atoms with Gasteiger partial charge in [-0.1, -0.05) is 29.3 Å². The summed E-state index contributed by atoms with van der Waals surface area (Å²) in [5.41, 5.74) is 7.69. The fraction of sp³-hybridized carbons (Fsp3) is 0.533. The Morgan fingerprint density at radius 1 is 1.39 bits per heavy atom. The van der Waals surface area contributed by atoms with Crippen molar-refractivity contribution in [1.29, 1.82) is 0 Å². The molecule has 1 unspecified atom stereocenters. The van der Waals surface area contributed by atoms with Gasteiger partial charge < -0.3 is 20.7 Å². The second kappa shape index (κ2) is 11.1. The largest absolute Gasteiger partial charge is 0.378 e. The molecule has 0 bridgehead atoms. The first-order chi connectivity index (χ1) is 10.1. The van der Waals surface area contributed by atoms with Crippen LogP contribution in [0.5, 0.6) is 0 Å². The highest BCUT2D eigenvalue weighted by Crippen LogP contribution is 2.30. The van der Waals surface area contributed by atoms with Crippen LogP contribution < -0.4 is 16.0 Å². The molecule has 1 amide bonds. The molecule has 3 N–H and O–H groups in total. The van der Waals surface area contributed by atoms with Crippen LogP contribution in [0.2, 0.25) is 0 Å². The van der Waals surface area contributed by atoms with Gasteiger partial charge in [0.2, 0.25) is 5.91 Å². The van der Waals surface area contributed by atoms with Gasteiger partial charge in [0.25, 0.3) is 0 Å². The van der Waals surface area contributed by atoms with Crippen molar-refractivity contribution in [2.24, 2.45) is 5.73 Å². The Kier molecular flexibility index (Phi) is 10.8. The third kappa shape index (κ3) is 6.47. The number of halogens is 3. The second-order valence-corrected chi connectivity index (χ2v) is 6.06. The van der Waals surface area contributed by atoms with Crippen molar-refractivity contribution < 1.29 is 9.53 Å². The lowest BCUT2D eigenvalue weighted by Gasteiger charge is -2.30. The number of nitrogens with one attached hydrogen (secondary N) is 1. The van der Waals surface area contributed by atoms with Crippen molar-refractivity contribution in [2.45, 2.75) is 25.8 Å². The Hall–Kier alpha value is -0.530. The number of amides is 1. The number of carbonyl (C=O) groups excluding carboxylic acids is 1. The molecule has 2 rings (SSSR count). The van der Waals surface area contributed by atoms with E-state index in [9.17, 15) is 4.79 Å². The van der Waals surface area contributed by atoms with E-state index in [1.54, 1.807) is 0 Å². The Labute approximate surface area is 158 Å². The summed E-state index contributed by atoms with van der Waals surface area (Å²) in [5.74, 6) is -0.135. The molecule has 1 aliphatic rings. The van der Waals surface area contributed by atoms with E-state index >= 15 is 0 Å². The first-order valence-electron chi connectivity index (χ1n) is 7.30. The van der Waals surface area contributed by atoms with Crippen molar-refractivity contribution in [2.75, 3.05) is 36.5 Å². The van der Waals surface area contributed by atoms with Gasteiger partial charge in [-0.05, 0) is 24.6 Å². The Morgan fingerprint density at radius 2 is 2.04 bits per heavy atom. The molecule has 1 aliphatic heterocycles. The van der Waals surface area contributed by atoms with Crippen LogP contribution in [0.3, 0.4) is 0 Å². The van der Waals surface area contributed by atoms with Gasteiger partial charge in [-0.15, -0.1) is 24.8 Å². The van der Waals surface area contributed by atoms with Crippen molar-refractivity contribution in [1.82, 2.24) is 0 Å². The fourth-order valence-corrected chi connectivity index (χ4v) is 2.72. The Morgan fingerprint density at radius 3 is 2.65 bits per heavy atom. The number of anilines is 2. The molecule has 1 saturated heterocycles. The summed E-state index contributed by atoms with van der Waals surface area (Å²) in [5, 5.41) is 2.96. The second-order valence-electron chi connectivity index (χ2n) is 5.15. The van der Waals surface area contributed by atoms with E-state index in [1.165, 1.54) is 0 Å². The molecular formula is C15H24BrCl2N3O2. The van der Waals surface area contributed by atoms with Crippen molar-refractivity contribution in [3.8, 4) is 0 Å². The maximum Gasteiger partial charge on any atom is 0.241 e. The molecule has 1 aromatic rings. The van der Waals surface area contributed by atoms with Crippen LogP contribution >= 0.6 is 40.7 Å². The number of nitrogens with two attached hydrogens (primary N) is 1. The van der Waals surface area contributed by atoms with Crippen LogP contribution in [0.15, 0.2) is 22.7 Å². The number of hydrogen-bond acceptors (Lipinski definition) is 4. The summed E-state index contributed by atoms with van der Waals surface area (Å²) >= 11 is 3.45. The number of hydrogen-bond donors (Lipinski definition) is 2. The lowest BCUT2D eigenvalue weighted by molar-refractivity contribution is -0.117. The van der Waals surface area contributed by atoms with E-state index in [-0.39, 0.29) is 30.7 Å². The van der Waals surface area contributed by atoms with E-state index in [2.05, 4.69) is 26.1 Å². The van der Waals surface area contributed by atoms with Crippen LogP contribution in [-0.4, -0.2) is 38.3 Å². The van der Waals surface area contributed by atoms with E-state index < -0.39 is 6.04 Å². The van der Waals surface area contributed by atoms with Gasteiger partial charge in [-0.25, -0.2) is 0 Å². The highest BCUT2D eigenvalue weighted by atomic mass is 79.9. The Balaban J connectivity index is 0.00000242. The summed E-state index contributed by atoms with van der Waals surface area (Å²) in [6.45, 7) is 5.08. The van der Waals surface area contributed by atoms with Crippen molar-refractivity contribution in [3.05, 3.63) is 22.7 Å². The number of carbonyl (C=O) groups is 1. The van der Waals surface area contributed by atoms with Gasteiger partial charge in [0.05, 0.1) is 30.6 Å². The molecule has 0 aliphatic carbocycles. The lowest BCUT2D eigenvalue weighted by atomic mass is 10.1. The van der Waals surface area contributed by atoms with E-state index in [0.717, 1.165) is 35.4 Å². The van der Waals surface area contributed by atoms with Gasteiger partial charge in [0.15, 0.2) is 0 Å². The molecule has 132 valence electrons. The molecule has 1 fully saturated rings. The molecule has 5 nitrogen and oxygen atoms in total. The van der Waals surface area contributed by atoms with E-state index in [0.29, 0.717) is 19.6 Å². The van der Waals surface area contributed by atoms with Crippen LogP contribution in [0, 0.1) is 0 Å². The maximum atomic E-state index is 12.2. The quantitative estimate of drug-likeness (QED) is 0.755. The molecule has 23 heavy (non-hydrogen) atoms. The van der Waals surface area contributed by atoms with Gasteiger partial charge >= 0.3 is 0 Å². The van der Waals surface area contributed by atoms with Gasteiger partial charge in [0, 0.05) is 17.6 Å². The average molecular weight is 429 g/mol. The average Bonchev–Trinajstić information content (AvgIpc) is 2.48. The topological polar surface area (TPSA) is 67.6 Å². The zero-order valence-electron chi connectivity index (χ0n) is 13.1. The smallest absolute Gasteiger partial charge is 0.241 e. The zero-order valence-corrected chi connectivity index (χ0v) is 16.3. The molecule has 0 saturated carbocycles. The number of rotatable bonds is 5. The number of morpholine rings is 1. The molecule has 0 radical (unpaired) electrons. The summed E-state index contributed by atoms with van der Waals surface area (Å²) in [6, 6.07) is 5.44. The molecule has 1 heterocycles. The molecule has 0 aromatic heterocycles. The van der Waals surface area contributed by atoms with Crippen LogP contribution in [-0.2, 0) is 9.53 Å². The molecular weight excluding hydrogens is 405 g/mol. The van der Waals surface area contributed by atoms with Crippen molar-refractivity contribution in [3.63, 3.8) is 0 Å². The first kappa shape index (κ1) is 22.5. The summed E-state index contributed by atoms with van der Waals surface area (Å²) in [6.07, 6.45) is 1.58. The van der Waals surface area contributed by atoms with Crippen molar-refractivity contribution >= 4 is 58.0 Å². The van der Waals surface area contributed by atoms with Gasteiger partial charge in [-0.3, -0.25) is 4.79 Å². The van der Waals surface area contributed by atoms with Crippen LogP contribution in [0.1, 0.15) is 19.8 Å². The van der Waals surface area contributed by atoms with E-state index in [1.807, 2.05) is 25.1 Å². The van der Waals surface area contributed by atoms with E-state index in [4.69, 9.17) is 10.5 Å². The molecule has 1 aromatic carbocycles. The molecule has 1 atom stereocenters. The third-order valence-electron chi connectivity index (χ3n) is 3.50. The molecule has 0 spiro atoms. The van der Waals surface area contributed by atoms with Gasteiger partial charge in [-0.2, -0.15) is 0 Å². The highest BCUT2D eigenvalue weighted by Gasteiger charge is 2.18. The number of benzene rings is 1. The monoisotopic (exact) mass is 427 g/mol. The SMILES string of the molecule is CCCC(N)C(=O)Nc1cc(Br)ccc1N1CCOCC1.Cl.Cl. The third-order valence-corrected chi connectivity index (χ3v) is 4.00. The highest BCUT2D eigenvalue weighted by molar-refractivity contribution is 9.10. The number of ether oxygens (including phenoxy) is 1. The maximum absolute atomic E-state index is 12.2. The zero-order chi connectivity index (χ0) is 15.2. The van der Waals surface area contributed by atoms with Crippen LogP contribution in [0.4, 0.5) is 11.4 Å². The summed E-state index contributed by atoms with van der Waals surface area (Å²) in [4.78, 5) is 14.4. The lowest BCUT2D eigenvalue weighted by Crippen LogP contribution is -2.38. The minimum atomic E-state index is -0.466. The number of nitrogens with zero attached hydrogens (tertiary/aromatic N) is 1. The summed E-state index contributed by atoms with van der Waals surface area (Å²) in [7, 11) is 0. The first-order valence-corrected chi connectivity index (χ1v) is 8.09. The molecule has 8 heteroatoms. The minimum absolute atomic E-state index is 0. The fourth-order valence-electron chi connectivity index (χ4n) is 2.36. The standard InChI is InChI=1S/C15H22BrN3O2.2ClH/c1-2-3-12(17)15(20)18-13-10-11(16)4-5-14(13)19-6-8-21-9-7-19;;/h4-5,10,12H,2-3,6-9,17H2,1H3,(H,18,20);2*1H. The predicted molar refractivity (Wildman–Crippen MR) is 103 cm³/mol. The normalized spacial score (nSPS) is 15.2. The van der Waals surface area contributed by atoms with Crippen LogP contribution in [0.25, 0.3) is 0 Å². The predicted octanol–water partition coefficient (Wildman–Crippen LogP) is 3.20. The summed E-state index contributed by atoms with van der Waals surface area (Å²) < 4.78 is 6.31. The Bertz CT molecular complexity index is 500.